The molecule has 29 heavy (non-hydrogen) atoms. The van der Waals surface area contributed by atoms with Gasteiger partial charge in [0.2, 0.25) is 5.91 Å². The van der Waals surface area contributed by atoms with E-state index in [4.69, 9.17) is 4.74 Å². The second-order valence-corrected chi connectivity index (χ2v) is 7.11. The first-order valence-electron chi connectivity index (χ1n) is 10.3. The van der Waals surface area contributed by atoms with Crippen LogP contribution in [0, 0.1) is 5.92 Å². The standard InChI is InChI=1S/C23H30N4O2/c1-2-24-23(26-15-14-25-22(28)20-10-11-20)27-16-18-8-12-21(13-9-18)29-17-19-6-4-3-5-7-19/h3-9,12-13,20H,2,10-11,14-17H2,1H3,(H,25,28)(H2,24,26,27). The smallest absolute Gasteiger partial charge is 0.223 e. The first-order valence-corrected chi connectivity index (χ1v) is 10.3. The third kappa shape index (κ3) is 7.49. The Balaban J connectivity index is 1.42. The van der Waals surface area contributed by atoms with Crippen molar-refractivity contribution in [3.63, 3.8) is 0 Å². The van der Waals surface area contributed by atoms with Gasteiger partial charge in [0, 0.05) is 25.6 Å². The molecule has 0 heterocycles. The van der Waals surface area contributed by atoms with E-state index in [1.165, 1.54) is 0 Å². The van der Waals surface area contributed by atoms with Crippen molar-refractivity contribution < 1.29 is 9.53 Å². The van der Waals surface area contributed by atoms with E-state index in [1.807, 2.05) is 49.4 Å². The zero-order valence-corrected chi connectivity index (χ0v) is 17.0. The van der Waals surface area contributed by atoms with Gasteiger partial charge in [-0.05, 0) is 43.0 Å². The quantitative estimate of drug-likeness (QED) is 0.329. The van der Waals surface area contributed by atoms with Gasteiger partial charge in [0.1, 0.15) is 12.4 Å². The molecule has 6 heteroatoms. The predicted molar refractivity (Wildman–Crippen MR) is 116 cm³/mol. The van der Waals surface area contributed by atoms with Crippen LogP contribution in [-0.4, -0.2) is 31.5 Å². The number of nitrogens with one attached hydrogen (secondary N) is 3. The minimum atomic E-state index is 0.170. The number of aliphatic imine (C=N–C) groups is 1. The highest BCUT2D eigenvalue weighted by molar-refractivity contribution is 5.81. The van der Waals surface area contributed by atoms with Crippen LogP contribution >= 0.6 is 0 Å². The van der Waals surface area contributed by atoms with Crippen molar-refractivity contribution in [2.45, 2.75) is 32.9 Å². The Labute approximate surface area is 172 Å². The summed E-state index contributed by atoms with van der Waals surface area (Å²) in [6.45, 7) is 5.20. The van der Waals surface area contributed by atoms with Gasteiger partial charge in [-0.1, -0.05) is 42.5 Å². The van der Waals surface area contributed by atoms with Crippen LogP contribution in [0.2, 0.25) is 0 Å². The molecule has 0 spiro atoms. The summed E-state index contributed by atoms with van der Waals surface area (Å²) in [6, 6.07) is 18.1. The van der Waals surface area contributed by atoms with Crippen molar-refractivity contribution in [1.29, 1.82) is 0 Å². The maximum Gasteiger partial charge on any atom is 0.223 e. The van der Waals surface area contributed by atoms with Crippen LogP contribution in [0.1, 0.15) is 30.9 Å². The first-order chi connectivity index (χ1) is 14.2. The highest BCUT2D eigenvalue weighted by atomic mass is 16.5. The fourth-order valence-corrected chi connectivity index (χ4v) is 2.80. The van der Waals surface area contributed by atoms with Crippen molar-refractivity contribution in [2.75, 3.05) is 19.6 Å². The monoisotopic (exact) mass is 394 g/mol. The maximum atomic E-state index is 11.6. The molecular formula is C23H30N4O2. The Bertz CT molecular complexity index is 786. The molecule has 0 aliphatic heterocycles. The molecule has 3 rings (SSSR count). The summed E-state index contributed by atoms with van der Waals surface area (Å²) in [6.07, 6.45) is 2.05. The van der Waals surface area contributed by atoms with Gasteiger partial charge < -0.3 is 20.7 Å². The molecule has 0 atom stereocenters. The lowest BCUT2D eigenvalue weighted by molar-refractivity contribution is -0.122. The minimum absolute atomic E-state index is 0.170. The van der Waals surface area contributed by atoms with E-state index >= 15 is 0 Å². The molecule has 0 unspecified atom stereocenters. The van der Waals surface area contributed by atoms with Gasteiger partial charge in [-0.2, -0.15) is 0 Å². The van der Waals surface area contributed by atoms with Gasteiger partial charge in [-0.15, -0.1) is 0 Å². The number of amides is 1. The number of rotatable bonds is 10. The van der Waals surface area contributed by atoms with Gasteiger partial charge in [0.15, 0.2) is 5.96 Å². The molecule has 1 aliphatic rings. The molecule has 0 aromatic heterocycles. The molecule has 2 aromatic rings. The van der Waals surface area contributed by atoms with Gasteiger partial charge in [-0.3, -0.25) is 4.79 Å². The maximum absolute atomic E-state index is 11.6. The first kappa shape index (κ1) is 20.7. The van der Waals surface area contributed by atoms with E-state index in [-0.39, 0.29) is 11.8 Å². The second kappa shape index (κ2) is 11.1. The van der Waals surface area contributed by atoms with Crippen LogP contribution in [0.25, 0.3) is 0 Å². The van der Waals surface area contributed by atoms with Gasteiger partial charge >= 0.3 is 0 Å². The molecule has 3 N–H and O–H groups in total. The number of hydrogen-bond donors (Lipinski definition) is 3. The molecule has 1 aliphatic carbocycles. The van der Waals surface area contributed by atoms with Crippen LogP contribution in [0.3, 0.4) is 0 Å². The average Bonchev–Trinajstić information content (AvgIpc) is 3.60. The molecule has 0 bridgehead atoms. The van der Waals surface area contributed by atoms with Gasteiger partial charge in [-0.25, -0.2) is 4.99 Å². The van der Waals surface area contributed by atoms with Crippen molar-refractivity contribution in [1.82, 2.24) is 16.0 Å². The molecule has 1 amide bonds. The van der Waals surface area contributed by atoms with Crippen molar-refractivity contribution in [2.24, 2.45) is 10.9 Å². The SMILES string of the molecule is CCNC(=NCc1ccc(OCc2ccccc2)cc1)NCCNC(=O)C1CC1. The largest absolute Gasteiger partial charge is 0.489 e. The Morgan fingerprint density at radius 1 is 0.966 bits per heavy atom. The Hall–Kier alpha value is -3.02. The molecule has 154 valence electrons. The van der Waals surface area contributed by atoms with Crippen LogP contribution < -0.4 is 20.7 Å². The van der Waals surface area contributed by atoms with Crippen LogP contribution in [0.5, 0.6) is 5.75 Å². The fraction of sp³-hybridized carbons (Fsp3) is 0.391. The molecule has 0 saturated heterocycles. The van der Waals surface area contributed by atoms with Crippen molar-refractivity contribution in [3.8, 4) is 5.75 Å². The zero-order valence-electron chi connectivity index (χ0n) is 17.0. The van der Waals surface area contributed by atoms with E-state index in [0.717, 1.165) is 42.2 Å². The van der Waals surface area contributed by atoms with E-state index in [9.17, 15) is 4.79 Å². The third-order valence-corrected chi connectivity index (χ3v) is 4.60. The lowest BCUT2D eigenvalue weighted by Crippen LogP contribution is -2.41. The predicted octanol–water partition coefficient (Wildman–Crippen LogP) is 2.85. The highest BCUT2D eigenvalue weighted by Crippen LogP contribution is 2.28. The van der Waals surface area contributed by atoms with Gasteiger partial charge in [0.05, 0.1) is 6.54 Å². The molecule has 1 saturated carbocycles. The lowest BCUT2D eigenvalue weighted by Gasteiger charge is -2.12. The Kier molecular flexibility index (Phi) is 7.92. The molecular weight excluding hydrogens is 364 g/mol. The fourth-order valence-electron chi connectivity index (χ4n) is 2.80. The Morgan fingerprint density at radius 2 is 1.69 bits per heavy atom. The number of benzene rings is 2. The van der Waals surface area contributed by atoms with Crippen LogP contribution in [0.4, 0.5) is 0 Å². The molecule has 0 radical (unpaired) electrons. The number of guanidine groups is 1. The lowest BCUT2D eigenvalue weighted by atomic mass is 10.2. The van der Waals surface area contributed by atoms with Crippen LogP contribution in [-0.2, 0) is 17.9 Å². The summed E-state index contributed by atoms with van der Waals surface area (Å²) in [7, 11) is 0. The highest BCUT2D eigenvalue weighted by Gasteiger charge is 2.28. The minimum Gasteiger partial charge on any atom is -0.489 e. The van der Waals surface area contributed by atoms with E-state index in [0.29, 0.717) is 26.2 Å². The van der Waals surface area contributed by atoms with E-state index < -0.39 is 0 Å². The van der Waals surface area contributed by atoms with Crippen LogP contribution in [0.15, 0.2) is 59.6 Å². The topological polar surface area (TPSA) is 74.8 Å². The number of ether oxygens (including phenoxy) is 1. The summed E-state index contributed by atoms with van der Waals surface area (Å²) in [5.74, 6) is 2.01. The summed E-state index contributed by atoms with van der Waals surface area (Å²) in [5.41, 5.74) is 2.26. The second-order valence-electron chi connectivity index (χ2n) is 7.11. The average molecular weight is 395 g/mol. The molecule has 2 aromatic carbocycles. The molecule has 6 nitrogen and oxygen atoms in total. The summed E-state index contributed by atoms with van der Waals surface area (Å²) in [4.78, 5) is 16.3. The summed E-state index contributed by atoms with van der Waals surface area (Å²) < 4.78 is 5.82. The van der Waals surface area contributed by atoms with Gasteiger partial charge in [0.25, 0.3) is 0 Å². The summed E-state index contributed by atoms with van der Waals surface area (Å²) in [5, 5.41) is 9.43. The van der Waals surface area contributed by atoms with E-state index in [1.54, 1.807) is 0 Å². The zero-order chi connectivity index (χ0) is 20.3. The number of carbonyl (C=O) groups is 1. The van der Waals surface area contributed by atoms with Crippen molar-refractivity contribution in [3.05, 3.63) is 65.7 Å². The van der Waals surface area contributed by atoms with Crippen molar-refractivity contribution >= 4 is 11.9 Å². The normalized spacial score (nSPS) is 13.6. The number of hydrogen-bond acceptors (Lipinski definition) is 3. The number of nitrogens with zero attached hydrogens (tertiary/aromatic N) is 1. The summed E-state index contributed by atoms with van der Waals surface area (Å²) >= 11 is 0. The number of carbonyl (C=O) groups excluding carboxylic acids is 1. The molecule has 1 fully saturated rings. The third-order valence-electron chi connectivity index (χ3n) is 4.60. The van der Waals surface area contributed by atoms with E-state index in [2.05, 4.69) is 33.1 Å². The Morgan fingerprint density at radius 3 is 2.38 bits per heavy atom.